The fourth-order valence-electron chi connectivity index (χ4n) is 1.32. The zero-order valence-corrected chi connectivity index (χ0v) is 12.0. The quantitative estimate of drug-likeness (QED) is 0.870. The van der Waals surface area contributed by atoms with Crippen LogP contribution in [0.2, 0.25) is 0 Å². The van der Waals surface area contributed by atoms with Gasteiger partial charge in [-0.05, 0) is 17.9 Å². The van der Waals surface area contributed by atoms with Crippen LogP contribution in [-0.4, -0.2) is 18.6 Å². The largest absolute Gasteiger partial charge is 0.326 e. The number of anilines is 1. The first-order chi connectivity index (χ1) is 8.56. The Labute approximate surface area is 113 Å². The zero-order valence-electron chi connectivity index (χ0n) is 9.58. The van der Waals surface area contributed by atoms with Crippen LogP contribution < -0.4 is 10.5 Å². The van der Waals surface area contributed by atoms with Crippen molar-refractivity contribution in [1.29, 1.82) is 0 Å². The average Bonchev–Trinajstić information content (AvgIpc) is 2.96. The molecule has 2 aromatic rings. The summed E-state index contributed by atoms with van der Waals surface area (Å²) in [6, 6.07) is 1.54. The molecule has 0 unspecified atom stereocenters. The number of rotatable bonds is 5. The predicted octanol–water partition coefficient (Wildman–Crippen LogP) is 1.42. The fourth-order valence-corrected chi connectivity index (χ4v) is 4.57. The molecule has 0 atom stereocenters. The van der Waals surface area contributed by atoms with E-state index in [1.165, 1.54) is 28.7 Å². The molecular weight excluding hydrogens is 292 g/mol. The molecule has 2 heterocycles. The van der Waals surface area contributed by atoms with Gasteiger partial charge in [-0.25, -0.2) is 8.42 Å². The van der Waals surface area contributed by atoms with Crippen LogP contribution in [0, 0.1) is 0 Å². The summed E-state index contributed by atoms with van der Waals surface area (Å²) in [6.07, 6.45) is 0.728. The minimum Gasteiger partial charge on any atom is -0.326 e. The van der Waals surface area contributed by atoms with Crippen LogP contribution in [0.4, 0.5) is 5.13 Å². The molecule has 2 rings (SSSR count). The maximum absolute atomic E-state index is 12.1. The van der Waals surface area contributed by atoms with Crippen molar-refractivity contribution in [3.63, 3.8) is 0 Å². The first-order valence-electron chi connectivity index (χ1n) is 5.18. The summed E-state index contributed by atoms with van der Waals surface area (Å²) >= 11 is 2.55. The van der Waals surface area contributed by atoms with E-state index in [0.29, 0.717) is 4.88 Å². The van der Waals surface area contributed by atoms with Gasteiger partial charge in [0.1, 0.15) is 9.90 Å². The van der Waals surface area contributed by atoms with Gasteiger partial charge in [0.15, 0.2) is 0 Å². The molecule has 0 fully saturated rings. The lowest BCUT2D eigenvalue weighted by atomic mass is 10.5. The van der Waals surface area contributed by atoms with E-state index < -0.39 is 10.0 Å². The van der Waals surface area contributed by atoms with Gasteiger partial charge in [-0.1, -0.05) is 18.3 Å². The van der Waals surface area contributed by atoms with Crippen molar-refractivity contribution in [3.05, 3.63) is 21.3 Å². The molecule has 0 aliphatic rings. The Hall–Kier alpha value is -1.03. The van der Waals surface area contributed by atoms with Crippen LogP contribution in [0.1, 0.15) is 16.8 Å². The number of aromatic nitrogens is 2. The van der Waals surface area contributed by atoms with E-state index in [9.17, 15) is 8.42 Å². The average molecular weight is 304 g/mol. The van der Waals surface area contributed by atoms with E-state index >= 15 is 0 Å². The minimum atomic E-state index is -3.62. The summed E-state index contributed by atoms with van der Waals surface area (Å²) < 4.78 is 26.7. The molecule has 18 heavy (non-hydrogen) atoms. The van der Waals surface area contributed by atoms with Crippen LogP contribution in [0.3, 0.4) is 0 Å². The molecule has 98 valence electrons. The van der Waals surface area contributed by atoms with Crippen LogP contribution in [0.5, 0.6) is 0 Å². The van der Waals surface area contributed by atoms with E-state index in [1.54, 1.807) is 5.38 Å². The Balaban J connectivity index is 2.27. The van der Waals surface area contributed by atoms with E-state index in [-0.39, 0.29) is 16.6 Å². The smallest absolute Gasteiger partial charge is 0.264 e. The molecule has 0 aromatic carbocycles. The zero-order chi connectivity index (χ0) is 13.2. The molecule has 0 saturated heterocycles. The second kappa shape index (κ2) is 5.31. The molecule has 0 aliphatic heterocycles. The summed E-state index contributed by atoms with van der Waals surface area (Å²) in [5.74, 6) is 0. The van der Waals surface area contributed by atoms with E-state index in [2.05, 4.69) is 14.9 Å². The van der Waals surface area contributed by atoms with Crippen molar-refractivity contribution in [2.75, 3.05) is 4.72 Å². The second-order valence-corrected chi connectivity index (χ2v) is 7.09. The van der Waals surface area contributed by atoms with Gasteiger partial charge in [0, 0.05) is 11.4 Å². The maximum atomic E-state index is 12.1. The van der Waals surface area contributed by atoms with Gasteiger partial charge >= 0.3 is 0 Å². The Kier molecular flexibility index (Phi) is 3.95. The van der Waals surface area contributed by atoms with Crippen molar-refractivity contribution in [2.45, 2.75) is 24.8 Å². The molecule has 0 saturated carbocycles. The van der Waals surface area contributed by atoms with E-state index in [0.717, 1.165) is 11.4 Å². The maximum Gasteiger partial charge on any atom is 0.264 e. The standard InChI is InChI=1S/C9H12N4O2S3/c1-2-8-11-12-9(17-8)13-18(14,15)7-3-4-16-6(7)5-10/h3-4H,2,5,10H2,1H3,(H,12,13). The number of nitrogens with zero attached hydrogens (tertiary/aromatic N) is 2. The van der Waals surface area contributed by atoms with Gasteiger partial charge in [-0.3, -0.25) is 4.72 Å². The Morgan fingerprint density at radius 2 is 2.22 bits per heavy atom. The number of aryl methyl sites for hydroxylation is 1. The fraction of sp³-hybridized carbons (Fsp3) is 0.333. The summed E-state index contributed by atoms with van der Waals surface area (Å²) in [7, 11) is -3.62. The molecule has 0 bridgehead atoms. The number of nitrogens with one attached hydrogen (secondary N) is 1. The molecule has 0 spiro atoms. The summed E-state index contributed by atoms with van der Waals surface area (Å²) in [5, 5.41) is 10.4. The SMILES string of the molecule is CCc1nnc(NS(=O)(=O)c2ccsc2CN)s1. The third kappa shape index (κ3) is 2.69. The summed E-state index contributed by atoms with van der Waals surface area (Å²) in [6.45, 7) is 2.13. The monoisotopic (exact) mass is 304 g/mol. The van der Waals surface area contributed by atoms with Crippen LogP contribution in [0.15, 0.2) is 16.3 Å². The minimum absolute atomic E-state index is 0.199. The van der Waals surface area contributed by atoms with Crippen molar-refractivity contribution in [3.8, 4) is 0 Å². The normalized spacial score (nSPS) is 11.7. The topological polar surface area (TPSA) is 98.0 Å². The number of sulfonamides is 1. The molecule has 0 aliphatic carbocycles. The lowest BCUT2D eigenvalue weighted by Gasteiger charge is -2.04. The van der Waals surface area contributed by atoms with Crippen molar-refractivity contribution >= 4 is 37.8 Å². The van der Waals surface area contributed by atoms with E-state index in [1.807, 2.05) is 6.92 Å². The molecule has 0 amide bonds. The predicted molar refractivity (Wildman–Crippen MR) is 72.3 cm³/mol. The highest BCUT2D eigenvalue weighted by Gasteiger charge is 2.20. The number of hydrogen-bond donors (Lipinski definition) is 2. The molecule has 0 radical (unpaired) electrons. The van der Waals surface area contributed by atoms with Gasteiger partial charge in [0.25, 0.3) is 10.0 Å². The molecule has 9 heteroatoms. The number of thiophene rings is 1. The second-order valence-electron chi connectivity index (χ2n) is 3.37. The molecule has 6 nitrogen and oxygen atoms in total. The first kappa shape index (κ1) is 13.4. The van der Waals surface area contributed by atoms with Crippen LogP contribution >= 0.6 is 22.7 Å². The Bertz CT molecular complexity index is 632. The lowest BCUT2D eigenvalue weighted by molar-refractivity contribution is 0.600. The highest BCUT2D eigenvalue weighted by Crippen LogP contribution is 2.25. The van der Waals surface area contributed by atoms with Gasteiger partial charge in [-0.15, -0.1) is 21.5 Å². The van der Waals surface area contributed by atoms with Gasteiger partial charge in [0.05, 0.1) is 0 Å². The van der Waals surface area contributed by atoms with Gasteiger partial charge in [0.2, 0.25) is 5.13 Å². The number of nitrogens with two attached hydrogens (primary N) is 1. The summed E-state index contributed by atoms with van der Waals surface area (Å²) in [5.41, 5.74) is 5.50. The van der Waals surface area contributed by atoms with Gasteiger partial charge in [-0.2, -0.15) is 0 Å². The van der Waals surface area contributed by atoms with E-state index in [4.69, 9.17) is 5.73 Å². The molecular formula is C9H12N4O2S3. The highest BCUT2D eigenvalue weighted by molar-refractivity contribution is 7.93. The lowest BCUT2D eigenvalue weighted by Crippen LogP contribution is -2.14. The van der Waals surface area contributed by atoms with Crippen molar-refractivity contribution in [1.82, 2.24) is 10.2 Å². The van der Waals surface area contributed by atoms with Crippen LogP contribution in [0.25, 0.3) is 0 Å². The summed E-state index contributed by atoms with van der Waals surface area (Å²) in [4.78, 5) is 0.839. The Morgan fingerprint density at radius 3 is 2.83 bits per heavy atom. The first-order valence-corrected chi connectivity index (χ1v) is 8.36. The highest BCUT2D eigenvalue weighted by atomic mass is 32.2. The Morgan fingerprint density at radius 1 is 1.44 bits per heavy atom. The van der Waals surface area contributed by atoms with Crippen LogP contribution in [-0.2, 0) is 23.0 Å². The van der Waals surface area contributed by atoms with Crippen molar-refractivity contribution in [2.24, 2.45) is 5.73 Å². The molecule has 2 aromatic heterocycles. The molecule has 3 N–H and O–H groups in total. The number of hydrogen-bond acceptors (Lipinski definition) is 7. The third-order valence-electron chi connectivity index (χ3n) is 2.17. The van der Waals surface area contributed by atoms with Crippen molar-refractivity contribution < 1.29 is 8.42 Å². The third-order valence-corrected chi connectivity index (χ3v) is 5.78. The van der Waals surface area contributed by atoms with Gasteiger partial charge < -0.3 is 5.73 Å².